The lowest BCUT2D eigenvalue weighted by atomic mass is 10.3. The van der Waals surface area contributed by atoms with Gasteiger partial charge in [-0.15, -0.1) is 4.74 Å². The van der Waals surface area contributed by atoms with Gasteiger partial charge in [0.05, 0.1) is 5.69 Å². The average molecular weight is 169 g/mol. The topological polar surface area (TPSA) is 52.2 Å². The fraction of sp³-hybridized carbons (Fsp3) is 0.500. The van der Waals surface area contributed by atoms with Gasteiger partial charge >= 0.3 is 5.63 Å². The van der Waals surface area contributed by atoms with Crippen molar-refractivity contribution in [2.75, 3.05) is 0 Å². The van der Waals surface area contributed by atoms with Crippen LogP contribution >= 0.6 is 0 Å². The minimum atomic E-state index is -0.475. The Kier molecular flexibility index (Phi) is 2.47. The molecule has 1 aromatic heterocycles. The van der Waals surface area contributed by atoms with Crippen molar-refractivity contribution in [3.8, 4) is 0 Å². The van der Waals surface area contributed by atoms with Crippen LogP contribution in [0.3, 0.4) is 0 Å². The number of carbonyl (C=O) groups excluding carboxylic acids is 1. The van der Waals surface area contributed by atoms with Crippen LogP contribution in [0.4, 0.5) is 0 Å². The summed E-state index contributed by atoms with van der Waals surface area (Å²) in [5.74, 6) is -0.169. The molecule has 1 rings (SSSR count). The quantitative estimate of drug-likeness (QED) is 0.668. The predicted octanol–water partition coefficient (Wildman–Crippen LogP) is 1.19. The molecule has 4 heteroatoms. The number of carbonyl (C=O) groups is 1. The first-order chi connectivity index (χ1) is 5.65. The number of aryl methyl sites for hydroxylation is 1. The molecule has 0 N–H and O–H groups in total. The summed E-state index contributed by atoms with van der Waals surface area (Å²) in [6.45, 7) is 3.56. The van der Waals surface area contributed by atoms with Crippen LogP contribution < -0.4 is 5.63 Å². The van der Waals surface area contributed by atoms with Gasteiger partial charge in [-0.25, -0.2) is 4.79 Å². The highest BCUT2D eigenvalue weighted by Crippen LogP contribution is 1.99. The fourth-order valence-electron chi connectivity index (χ4n) is 0.981. The van der Waals surface area contributed by atoms with Gasteiger partial charge in [0.25, 0.3) is 5.91 Å². The third-order valence-corrected chi connectivity index (χ3v) is 1.52. The lowest BCUT2D eigenvalue weighted by molar-refractivity contribution is 0.0769. The summed E-state index contributed by atoms with van der Waals surface area (Å²) >= 11 is 0. The van der Waals surface area contributed by atoms with Crippen molar-refractivity contribution in [3.05, 3.63) is 22.2 Å². The SMILES string of the molecule is CCCC(=O)n1oc(=O)cc1C. The maximum Gasteiger partial charge on any atom is 0.358 e. The van der Waals surface area contributed by atoms with Gasteiger partial charge in [0.1, 0.15) is 0 Å². The molecule has 0 aliphatic heterocycles. The third-order valence-electron chi connectivity index (χ3n) is 1.52. The molecule has 1 heterocycles. The van der Waals surface area contributed by atoms with Gasteiger partial charge in [0.2, 0.25) is 0 Å². The number of hydrogen-bond donors (Lipinski definition) is 0. The Morgan fingerprint density at radius 1 is 1.67 bits per heavy atom. The number of aromatic nitrogens is 1. The number of rotatable bonds is 2. The first-order valence-corrected chi connectivity index (χ1v) is 3.88. The molecule has 0 radical (unpaired) electrons. The van der Waals surface area contributed by atoms with Crippen molar-refractivity contribution in [2.24, 2.45) is 0 Å². The van der Waals surface area contributed by atoms with E-state index in [1.807, 2.05) is 6.92 Å². The van der Waals surface area contributed by atoms with Crippen molar-refractivity contribution < 1.29 is 9.32 Å². The minimum absolute atomic E-state index is 0.169. The van der Waals surface area contributed by atoms with E-state index in [0.717, 1.165) is 11.2 Å². The molecule has 0 fully saturated rings. The molecule has 66 valence electrons. The second-order valence-corrected chi connectivity index (χ2v) is 2.63. The van der Waals surface area contributed by atoms with Gasteiger partial charge in [-0.2, -0.15) is 0 Å². The molecule has 0 unspecified atom stereocenters. The van der Waals surface area contributed by atoms with Gasteiger partial charge in [-0.05, 0) is 13.3 Å². The Morgan fingerprint density at radius 2 is 2.33 bits per heavy atom. The van der Waals surface area contributed by atoms with E-state index in [0.29, 0.717) is 12.1 Å². The first-order valence-electron chi connectivity index (χ1n) is 3.88. The second-order valence-electron chi connectivity index (χ2n) is 2.63. The zero-order valence-electron chi connectivity index (χ0n) is 7.16. The minimum Gasteiger partial charge on any atom is -0.329 e. The Balaban J connectivity index is 2.94. The van der Waals surface area contributed by atoms with Gasteiger partial charge in [0.15, 0.2) is 0 Å². The van der Waals surface area contributed by atoms with Crippen molar-refractivity contribution in [3.63, 3.8) is 0 Å². The van der Waals surface area contributed by atoms with Gasteiger partial charge in [-0.3, -0.25) is 4.79 Å². The van der Waals surface area contributed by atoms with Gasteiger partial charge in [-0.1, -0.05) is 6.92 Å². The molecule has 1 aromatic rings. The molecule has 0 aliphatic carbocycles. The molecular formula is C8H11NO3. The van der Waals surface area contributed by atoms with E-state index < -0.39 is 5.63 Å². The molecule has 0 aliphatic rings. The van der Waals surface area contributed by atoms with Gasteiger partial charge < -0.3 is 4.52 Å². The Bertz CT molecular complexity index is 334. The summed E-state index contributed by atoms with van der Waals surface area (Å²) < 4.78 is 5.69. The zero-order chi connectivity index (χ0) is 9.14. The zero-order valence-corrected chi connectivity index (χ0v) is 7.16. The summed E-state index contributed by atoms with van der Waals surface area (Å²) in [4.78, 5) is 21.9. The summed E-state index contributed by atoms with van der Waals surface area (Å²) in [6.07, 6.45) is 1.15. The van der Waals surface area contributed by atoms with E-state index in [1.54, 1.807) is 6.92 Å². The third kappa shape index (κ3) is 1.64. The summed E-state index contributed by atoms with van der Waals surface area (Å²) in [5.41, 5.74) is 0.0791. The number of hydrogen-bond acceptors (Lipinski definition) is 3. The van der Waals surface area contributed by atoms with Crippen LogP contribution in [0.1, 0.15) is 30.3 Å². The monoisotopic (exact) mass is 169 g/mol. The Labute approximate surface area is 69.8 Å². The molecule has 4 nitrogen and oxygen atoms in total. The van der Waals surface area contributed by atoms with Crippen molar-refractivity contribution in [2.45, 2.75) is 26.7 Å². The molecule has 0 aromatic carbocycles. The second kappa shape index (κ2) is 3.38. The van der Waals surface area contributed by atoms with E-state index >= 15 is 0 Å². The molecule has 0 saturated carbocycles. The molecular weight excluding hydrogens is 158 g/mol. The van der Waals surface area contributed by atoms with Crippen LogP contribution in [0, 0.1) is 6.92 Å². The van der Waals surface area contributed by atoms with Crippen LogP contribution in [0.2, 0.25) is 0 Å². The highest BCUT2D eigenvalue weighted by Gasteiger charge is 2.09. The molecule has 0 saturated heterocycles. The van der Waals surface area contributed by atoms with Gasteiger partial charge in [0, 0.05) is 12.5 Å². The van der Waals surface area contributed by atoms with Crippen LogP contribution in [0.25, 0.3) is 0 Å². The highest BCUT2D eigenvalue weighted by molar-refractivity contribution is 5.77. The van der Waals surface area contributed by atoms with Crippen molar-refractivity contribution in [1.82, 2.24) is 4.74 Å². The van der Waals surface area contributed by atoms with E-state index in [1.165, 1.54) is 6.07 Å². The molecule has 12 heavy (non-hydrogen) atoms. The lowest BCUT2D eigenvalue weighted by Crippen LogP contribution is -2.10. The lowest BCUT2D eigenvalue weighted by Gasteiger charge is -1.98. The van der Waals surface area contributed by atoms with E-state index in [-0.39, 0.29) is 5.91 Å². The smallest absolute Gasteiger partial charge is 0.329 e. The Hall–Kier alpha value is -1.32. The molecule has 0 amide bonds. The Morgan fingerprint density at radius 3 is 2.75 bits per heavy atom. The summed E-state index contributed by atoms with van der Waals surface area (Å²) in [5, 5.41) is 0. The van der Waals surface area contributed by atoms with Crippen LogP contribution in [0.5, 0.6) is 0 Å². The largest absolute Gasteiger partial charge is 0.358 e. The van der Waals surface area contributed by atoms with Crippen LogP contribution in [0.15, 0.2) is 15.4 Å². The highest BCUT2D eigenvalue weighted by atomic mass is 16.5. The average Bonchev–Trinajstić information content (AvgIpc) is 2.30. The predicted molar refractivity (Wildman–Crippen MR) is 43.2 cm³/mol. The molecule has 0 bridgehead atoms. The molecule has 0 atom stereocenters. The number of nitrogens with zero attached hydrogens (tertiary/aromatic N) is 1. The maximum atomic E-state index is 11.2. The van der Waals surface area contributed by atoms with Crippen LogP contribution in [-0.2, 0) is 0 Å². The van der Waals surface area contributed by atoms with E-state index in [9.17, 15) is 9.59 Å². The van der Waals surface area contributed by atoms with Crippen molar-refractivity contribution in [1.29, 1.82) is 0 Å². The fourth-order valence-corrected chi connectivity index (χ4v) is 0.981. The van der Waals surface area contributed by atoms with Crippen LogP contribution in [-0.4, -0.2) is 10.6 Å². The van der Waals surface area contributed by atoms with Crippen molar-refractivity contribution >= 4 is 5.91 Å². The summed E-state index contributed by atoms with van der Waals surface area (Å²) in [7, 11) is 0. The molecule has 0 spiro atoms. The maximum absolute atomic E-state index is 11.2. The van der Waals surface area contributed by atoms with E-state index in [4.69, 9.17) is 0 Å². The standard InChI is InChI=1S/C8H11NO3/c1-3-4-7(10)9-6(2)5-8(11)12-9/h5H,3-4H2,1-2H3. The first kappa shape index (κ1) is 8.77. The van der Waals surface area contributed by atoms with E-state index in [2.05, 4.69) is 4.52 Å². The normalized spacial score (nSPS) is 10.2. The summed E-state index contributed by atoms with van der Waals surface area (Å²) in [6, 6.07) is 1.30.